The maximum Gasteiger partial charge on any atom is 0.305 e. The van der Waals surface area contributed by atoms with E-state index < -0.39 is 0 Å². The molecule has 0 saturated carbocycles. The van der Waals surface area contributed by atoms with Crippen molar-refractivity contribution in [3.63, 3.8) is 0 Å². The van der Waals surface area contributed by atoms with Gasteiger partial charge >= 0.3 is 5.97 Å². The van der Waals surface area contributed by atoms with Crippen molar-refractivity contribution in [2.24, 2.45) is 0 Å². The second-order valence-electron chi connectivity index (χ2n) is 2.83. The smallest absolute Gasteiger partial charge is 0.305 e. The molecule has 0 saturated heterocycles. The van der Waals surface area contributed by atoms with E-state index in [0.29, 0.717) is 13.0 Å². The van der Waals surface area contributed by atoms with E-state index in [4.69, 9.17) is 4.74 Å². The van der Waals surface area contributed by atoms with Crippen LogP contribution in [0.2, 0.25) is 0 Å². The number of esters is 1. The Bertz CT molecular complexity index is 161. The molecule has 0 bridgehead atoms. The summed E-state index contributed by atoms with van der Waals surface area (Å²) in [5, 5.41) is 0. The highest BCUT2D eigenvalue weighted by molar-refractivity contribution is 5.69. The van der Waals surface area contributed by atoms with Crippen LogP contribution >= 0.6 is 0 Å². The summed E-state index contributed by atoms with van der Waals surface area (Å²) in [7, 11) is 0. The zero-order valence-corrected chi connectivity index (χ0v) is 8.13. The Balaban J connectivity index is 3.19. The van der Waals surface area contributed by atoms with Gasteiger partial charge in [-0.3, -0.25) is 4.79 Å². The molecule has 0 unspecified atom stereocenters. The molecule has 0 atom stereocenters. The molecular weight excluding hydrogens is 164 g/mol. The zero-order chi connectivity index (χ0) is 9.94. The van der Waals surface area contributed by atoms with E-state index in [1.54, 1.807) is 6.08 Å². The number of rotatable bonds is 8. The second kappa shape index (κ2) is 9.04. The van der Waals surface area contributed by atoms with Crippen LogP contribution in [0.1, 0.15) is 32.1 Å². The molecule has 0 aromatic carbocycles. The van der Waals surface area contributed by atoms with Crippen molar-refractivity contribution in [2.45, 2.75) is 32.1 Å². The zero-order valence-electron chi connectivity index (χ0n) is 8.13. The molecule has 0 N–H and O–H groups in total. The standard InChI is InChI=1S/C11H18O2/c1-3-5-7-8-9-11(12)13-10-6-4-2/h3-4H,1-2,5-10H2. The van der Waals surface area contributed by atoms with Gasteiger partial charge in [-0.05, 0) is 25.7 Å². The minimum Gasteiger partial charge on any atom is -0.465 e. The van der Waals surface area contributed by atoms with Crippen LogP contribution in [0.15, 0.2) is 25.3 Å². The highest BCUT2D eigenvalue weighted by Gasteiger charge is 2.00. The second-order valence-corrected chi connectivity index (χ2v) is 2.83. The highest BCUT2D eigenvalue weighted by atomic mass is 16.5. The summed E-state index contributed by atoms with van der Waals surface area (Å²) in [6, 6.07) is 0. The van der Waals surface area contributed by atoms with Crippen molar-refractivity contribution >= 4 is 5.97 Å². The minimum absolute atomic E-state index is 0.106. The van der Waals surface area contributed by atoms with E-state index in [9.17, 15) is 4.79 Å². The minimum atomic E-state index is -0.106. The third-order valence-electron chi connectivity index (χ3n) is 1.62. The molecule has 0 amide bonds. The van der Waals surface area contributed by atoms with Crippen LogP contribution in [0.25, 0.3) is 0 Å². The Morgan fingerprint density at radius 1 is 1.15 bits per heavy atom. The first kappa shape index (κ1) is 11.9. The Morgan fingerprint density at radius 2 is 1.85 bits per heavy atom. The van der Waals surface area contributed by atoms with Crippen molar-refractivity contribution in [3.8, 4) is 0 Å². The van der Waals surface area contributed by atoms with Gasteiger partial charge in [0.05, 0.1) is 6.61 Å². The number of hydrogen-bond acceptors (Lipinski definition) is 2. The predicted molar refractivity (Wildman–Crippen MR) is 54.4 cm³/mol. The van der Waals surface area contributed by atoms with Crippen LogP contribution in [0.4, 0.5) is 0 Å². The van der Waals surface area contributed by atoms with Gasteiger partial charge in [-0.25, -0.2) is 0 Å². The number of hydrogen-bond donors (Lipinski definition) is 0. The van der Waals surface area contributed by atoms with Gasteiger partial charge in [0.15, 0.2) is 0 Å². The average Bonchev–Trinajstić information content (AvgIpc) is 2.13. The summed E-state index contributed by atoms with van der Waals surface area (Å²) in [5.41, 5.74) is 0. The lowest BCUT2D eigenvalue weighted by Crippen LogP contribution is -2.04. The third kappa shape index (κ3) is 8.86. The molecule has 0 fully saturated rings. The molecular formula is C11H18O2. The Hall–Kier alpha value is -1.05. The molecule has 2 nitrogen and oxygen atoms in total. The van der Waals surface area contributed by atoms with Gasteiger partial charge in [0, 0.05) is 6.42 Å². The molecule has 0 aliphatic carbocycles. The van der Waals surface area contributed by atoms with E-state index in [1.165, 1.54) is 0 Å². The summed E-state index contributed by atoms with van der Waals surface area (Å²) >= 11 is 0. The van der Waals surface area contributed by atoms with Crippen LogP contribution in [0.5, 0.6) is 0 Å². The van der Waals surface area contributed by atoms with Gasteiger partial charge in [0.25, 0.3) is 0 Å². The normalized spacial score (nSPS) is 9.23. The van der Waals surface area contributed by atoms with Gasteiger partial charge in [-0.15, -0.1) is 13.2 Å². The summed E-state index contributed by atoms with van der Waals surface area (Å²) in [4.78, 5) is 11.0. The highest BCUT2D eigenvalue weighted by Crippen LogP contribution is 2.01. The maximum absolute atomic E-state index is 11.0. The van der Waals surface area contributed by atoms with E-state index in [0.717, 1.165) is 25.7 Å². The van der Waals surface area contributed by atoms with Crippen LogP contribution < -0.4 is 0 Å². The Morgan fingerprint density at radius 3 is 2.46 bits per heavy atom. The number of carbonyl (C=O) groups is 1. The average molecular weight is 182 g/mol. The molecule has 74 valence electrons. The maximum atomic E-state index is 11.0. The van der Waals surface area contributed by atoms with Crippen molar-refractivity contribution in [1.82, 2.24) is 0 Å². The van der Waals surface area contributed by atoms with E-state index in [1.807, 2.05) is 6.08 Å². The monoisotopic (exact) mass is 182 g/mol. The molecule has 0 radical (unpaired) electrons. The number of ether oxygens (including phenoxy) is 1. The third-order valence-corrected chi connectivity index (χ3v) is 1.62. The lowest BCUT2D eigenvalue weighted by atomic mass is 10.2. The fourth-order valence-electron chi connectivity index (χ4n) is 0.886. The van der Waals surface area contributed by atoms with Gasteiger partial charge in [0.2, 0.25) is 0 Å². The van der Waals surface area contributed by atoms with Crippen molar-refractivity contribution in [3.05, 3.63) is 25.3 Å². The van der Waals surface area contributed by atoms with Crippen LogP contribution in [-0.2, 0) is 9.53 Å². The number of allylic oxidation sites excluding steroid dienone is 1. The Kier molecular flexibility index (Phi) is 8.31. The SMILES string of the molecule is C=CCCCCC(=O)OCCC=C. The van der Waals surface area contributed by atoms with E-state index in [-0.39, 0.29) is 5.97 Å². The number of carbonyl (C=O) groups excluding carboxylic acids is 1. The molecule has 0 aliphatic heterocycles. The van der Waals surface area contributed by atoms with Crippen LogP contribution in [0.3, 0.4) is 0 Å². The topological polar surface area (TPSA) is 26.3 Å². The van der Waals surface area contributed by atoms with Gasteiger partial charge in [0.1, 0.15) is 0 Å². The first-order valence-corrected chi connectivity index (χ1v) is 4.68. The molecule has 0 aromatic heterocycles. The summed E-state index contributed by atoms with van der Waals surface area (Å²) in [5.74, 6) is -0.106. The van der Waals surface area contributed by atoms with Crippen molar-refractivity contribution in [1.29, 1.82) is 0 Å². The van der Waals surface area contributed by atoms with Gasteiger partial charge in [-0.1, -0.05) is 12.2 Å². The Labute approximate surface area is 80.3 Å². The summed E-state index contributed by atoms with van der Waals surface area (Å²) < 4.78 is 4.93. The van der Waals surface area contributed by atoms with Crippen LogP contribution in [0, 0.1) is 0 Å². The molecule has 2 heteroatoms. The van der Waals surface area contributed by atoms with Gasteiger partial charge < -0.3 is 4.74 Å². The number of unbranched alkanes of at least 4 members (excludes halogenated alkanes) is 2. The molecule has 0 aromatic rings. The molecule has 0 rings (SSSR count). The lowest BCUT2D eigenvalue weighted by Gasteiger charge is -2.01. The fourth-order valence-corrected chi connectivity index (χ4v) is 0.886. The lowest BCUT2D eigenvalue weighted by molar-refractivity contribution is -0.143. The van der Waals surface area contributed by atoms with Crippen molar-refractivity contribution < 1.29 is 9.53 Å². The largest absolute Gasteiger partial charge is 0.465 e. The van der Waals surface area contributed by atoms with Gasteiger partial charge in [-0.2, -0.15) is 0 Å². The summed E-state index contributed by atoms with van der Waals surface area (Å²) in [6.07, 6.45) is 7.73. The van der Waals surface area contributed by atoms with E-state index in [2.05, 4.69) is 13.2 Å². The summed E-state index contributed by atoms with van der Waals surface area (Å²) in [6.45, 7) is 7.61. The van der Waals surface area contributed by atoms with E-state index >= 15 is 0 Å². The first-order chi connectivity index (χ1) is 6.31. The molecule has 0 spiro atoms. The van der Waals surface area contributed by atoms with Crippen LogP contribution in [-0.4, -0.2) is 12.6 Å². The van der Waals surface area contributed by atoms with Crippen molar-refractivity contribution in [2.75, 3.05) is 6.61 Å². The molecule has 0 heterocycles. The molecule has 13 heavy (non-hydrogen) atoms. The predicted octanol–water partition coefficient (Wildman–Crippen LogP) is 2.85. The fraction of sp³-hybridized carbons (Fsp3) is 0.545. The molecule has 0 aliphatic rings. The quantitative estimate of drug-likeness (QED) is 0.328. The first-order valence-electron chi connectivity index (χ1n) is 4.68.